The second-order valence-electron chi connectivity index (χ2n) is 5.84. The molecule has 1 unspecified atom stereocenters. The van der Waals surface area contributed by atoms with Gasteiger partial charge in [0, 0.05) is 18.6 Å². The van der Waals surface area contributed by atoms with Crippen LogP contribution >= 0.6 is 0 Å². The smallest absolute Gasteiger partial charge is 0.00644 e. The zero-order chi connectivity index (χ0) is 12.0. The third-order valence-corrected chi connectivity index (χ3v) is 3.87. The summed E-state index contributed by atoms with van der Waals surface area (Å²) in [6.07, 6.45) is 7.01. The van der Waals surface area contributed by atoms with Crippen molar-refractivity contribution >= 4 is 0 Å². The summed E-state index contributed by atoms with van der Waals surface area (Å²) in [4.78, 5) is 2.55. The normalized spacial score (nSPS) is 19.1. The summed E-state index contributed by atoms with van der Waals surface area (Å²) >= 11 is 0. The summed E-state index contributed by atoms with van der Waals surface area (Å²) in [7, 11) is 2.29. The van der Waals surface area contributed by atoms with Crippen LogP contribution in [0, 0.1) is 5.92 Å². The van der Waals surface area contributed by atoms with Crippen molar-refractivity contribution in [3.8, 4) is 0 Å². The van der Waals surface area contributed by atoms with Crippen molar-refractivity contribution in [3.63, 3.8) is 0 Å². The molecule has 0 aromatic rings. The lowest BCUT2D eigenvalue weighted by Crippen LogP contribution is -2.36. The van der Waals surface area contributed by atoms with E-state index in [0.717, 1.165) is 12.0 Å². The lowest BCUT2D eigenvalue weighted by Gasteiger charge is -2.33. The van der Waals surface area contributed by atoms with Gasteiger partial charge < -0.3 is 10.2 Å². The molecule has 0 aromatic heterocycles. The average molecular weight is 226 g/mol. The Hall–Kier alpha value is -0.0800. The van der Waals surface area contributed by atoms with Crippen molar-refractivity contribution in [2.24, 2.45) is 5.92 Å². The fourth-order valence-corrected chi connectivity index (χ4v) is 2.27. The third kappa shape index (κ3) is 5.31. The van der Waals surface area contributed by atoms with E-state index in [-0.39, 0.29) is 0 Å². The van der Waals surface area contributed by atoms with Crippen LogP contribution in [0.15, 0.2) is 0 Å². The highest BCUT2D eigenvalue weighted by molar-refractivity contribution is 4.75. The Labute approximate surface area is 102 Å². The van der Waals surface area contributed by atoms with E-state index in [1.807, 2.05) is 0 Å². The van der Waals surface area contributed by atoms with Crippen molar-refractivity contribution in [1.29, 1.82) is 0 Å². The molecule has 0 saturated heterocycles. The minimum Gasteiger partial charge on any atom is -0.315 e. The summed E-state index contributed by atoms with van der Waals surface area (Å²) in [5, 5.41) is 3.48. The summed E-state index contributed by atoms with van der Waals surface area (Å²) in [5.74, 6) is 1.00. The number of nitrogens with one attached hydrogen (secondary N) is 1. The molecule has 1 fully saturated rings. The predicted octanol–water partition coefficient (Wildman–Crippen LogP) is 2.89. The lowest BCUT2D eigenvalue weighted by molar-refractivity contribution is 0.162. The summed E-state index contributed by atoms with van der Waals surface area (Å²) in [6, 6.07) is 1.37. The van der Waals surface area contributed by atoms with Gasteiger partial charge in [-0.15, -0.1) is 0 Å². The second-order valence-corrected chi connectivity index (χ2v) is 5.84. The molecule has 0 bridgehead atoms. The Morgan fingerprint density at radius 3 is 2.44 bits per heavy atom. The first-order valence-corrected chi connectivity index (χ1v) is 7.03. The summed E-state index contributed by atoms with van der Waals surface area (Å²) in [6.45, 7) is 9.28. The molecule has 0 heterocycles. The van der Waals surface area contributed by atoms with Crippen LogP contribution in [-0.2, 0) is 0 Å². The summed E-state index contributed by atoms with van der Waals surface area (Å²) < 4.78 is 0. The number of rotatable bonds is 8. The Morgan fingerprint density at radius 1 is 1.25 bits per heavy atom. The fraction of sp³-hybridized carbons (Fsp3) is 1.00. The first kappa shape index (κ1) is 14.0. The van der Waals surface area contributed by atoms with E-state index in [4.69, 9.17) is 0 Å². The Kier molecular flexibility index (Phi) is 6.37. The maximum Gasteiger partial charge on any atom is 0.00644 e. The monoisotopic (exact) mass is 226 g/mol. The Morgan fingerprint density at radius 2 is 1.94 bits per heavy atom. The van der Waals surface area contributed by atoms with Crippen LogP contribution in [0.5, 0.6) is 0 Å². The molecule has 1 aliphatic rings. The molecule has 0 radical (unpaired) electrons. The van der Waals surface area contributed by atoms with E-state index < -0.39 is 0 Å². The molecular weight excluding hydrogens is 196 g/mol. The molecule has 1 saturated carbocycles. The van der Waals surface area contributed by atoms with E-state index in [1.54, 1.807) is 0 Å². The standard InChI is InChI=1S/C14H30N2/c1-12(2)15-10-6-7-13(3)16(4)11-14-8-5-9-14/h12-15H,5-11H2,1-4H3. The molecule has 0 spiro atoms. The number of hydrogen-bond donors (Lipinski definition) is 1. The largest absolute Gasteiger partial charge is 0.315 e. The molecule has 1 N–H and O–H groups in total. The van der Waals surface area contributed by atoms with Crippen LogP contribution in [-0.4, -0.2) is 37.1 Å². The van der Waals surface area contributed by atoms with Crippen LogP contribution in [0.4, 0.5) is 0 Å². The number of hydrogen-bond acceptors (Lipinski definition) is 2. The zero-order valence-corrected chi connectivity index (χ0v) is 11.6. The third-order valence-electron chi connectivity index (χ3n) is 3.87. The van der Waals surface area contributed by atoms with Crippen molar-refractivity contribution in [1.82, 2.24) is 10.2 Å². The highest BCUT2D eigenvalue weighted by Gasteiger charge is 2.20. The van der Waals surface area contributed by atoms with Crippen molar-refractivity contribution < 1.29 is 0 Å². The van der Waals surface area contributed by atoms with E-state index in [9.17, 15) is 0 Å². The highest BCUT2D eigenvalue weighted by Crippen LogP contribution is 2.27. The van der Waals surface area contributed by atoms with Gasteiger partial charge in [0.2, 0.25) is 0 Å². The van der Waals surface area contributed by atoms with Crippen LogP contribution in [0.25, 0.3) is 0 Å². The van der Waals surface area contributed by atoms with Gasteiger partial charge in [0.25, 0.3) is 0 Å². The SMILES string of the molecule is CC(C)NCCCC(C)N(C)CC1CCC1. The van der Waals surface area contributed by atoms with Gasteiger partial charge in [-0.1, -0.05) is 20.3 Å². The molecular formula is C14H30N2. The van der Waals surface area contributed by atoms with Crippen molar-refractivity contribution in [2.45, 2.75) is 65.0 Å². The predicted molar refractivity (Wildman–Crippen MR) is 71.8 cm³/mol. The molecule has 16 heavy (non-hydrogen) atoms. The maximum atomic E-state index is 3.48. The van der Waals surface area contributed by atoms with E-state index in [0.29, 0.717) is 6.04 Å². The first-order valence-electron chi connectivity index (χ1n) is 7.03. The highest BCUT2D eigenvalue weighted by atomic mass is 15.1. The molecule has 0 aliphatic heterocycles. The van der Waals surface area contributed by atoms with Gasteiger partial charge >= 0.3 is 0 Å². The maximum absolute atomic E-state index is 3.48. The average Bonchev–Trinajstić information content (AvgIpc) is 2.17. The minimum absolute atomic E-state index is 0.628. The lowest BCUT2D eigenvalue weighted by atomic mass is 9.85. The topological polar surface area (TPSA) is 15.3 Å². The summed E-state index contributed by atoms with van der Waals surface area (Å²) in [5.41, 5.74) is 0. The van der Waals surface area contributed by atoms with Gasteiger partial charge in [-0.2, -0.15) is 0 Å². The second kappa shape index (κ2) is 7.29. The Bertz CT molecular complexity index is 176. The van der Waals surface area contributed by atoms with Gasteiger partial charge in [-0.25, -0.2) is 0 Å². The van der Waals surface area contributed by atoms with Crippen LogP contribution < -0.4 is 5.32 Å². The quantitative estimate of drug-likeness (QED) is 0.640. The molecule has 1 rings (SSSR count). The molecule has 96 valence electrons. The van der Waals surface area contributed by atoms with Crippen molar-refractivity contribution in [2.75, 3.05) is 20.1 Å². The number of nitrogens with zero attached hydrogens (tertiary/aromatic N) is 1. The fourth-order valence-electron chi connectivity index (χ4n) is 2.27. The minimum atomic E-state index is 0.628. The molecule has 1 aliphatic carbocycles. The molecule has 1 atom stereocenters. The molecule has 0 amide bonds. The van der Waals surface area contributed by atoms with Crippen LogP contribution in [0.2, 0.25) is 0 Å². The van der Waals surface area contributed by atoms with Crippen LogP contribution in [0.3, 0.4) is 0 Å². The first-order chi connectivity index (χ1) is 7.59. The van der Waals surface area contributed by atoms with E-state index in [1.165, 1.54) is 45.2 Å². The Balaban J connectivity index is 2.01. The van der Waals surface area contributed by atoms with Gasteiger partial charge in [-0.3, -0.25) is 0 Å². The molecule has 2 nitrogen and oxygen atoms in total. The van der Waals surface area contributed by atoms with Crippen molar-refractivity contribution in [3.05, 3.63) is 0 Å². The van der Waals surface area contributed by atoms with Gasteiger partial charge in [-0.05, 0) is 52.1 Å². The molecule has 2 heteroatoms. The zero-order valence-electron chi connectivity index (χ0n) is 11.6. The van der Waals surface area contributed by atoms with Gasteiger partial charge in [0.05, 0.1) is 0 Å². The van der Waals surface area contributed by atoms with Gasteiger partial charge in [0.15, 0.2) is 0 Å². The van der Waals surface area contributed by atoms with Gasteiger partial charge in [0.1, 0.15) is 0 Å². The van der Waals surface area contributed by atoms with Crippen LogP contribution in [0.1, 0.15) is 52.9 Å². The van der Waals surface area contributed by atoms with E-state index in [2.05, 4.69) is 38.0 Å². The van der Waals surface area contributed by atoms with E-state index >= 15 is 0 Å². The molecule has 0 aromatic carbocycles.